The third kappa shape index (κ3) is 6.13. The Morgan fingerprint density at radius 1 is 1.75 bits per heavy atom. The molecule has 3 nitrogen and oxygen atoms in total. The van der Waals surface area contributed by atoms with Gasteiger partial charge in [0.25, 0.3) is 0 Å². The topological polar surface area (TPSA) is 48.2 Å². The van der Waals surface area contributed by atoms with Gasteiger partial charge in [0.1, 0.15) is 0 Å². The first-order valence-electron chi connectivity index (χ1n) is 1.80. The summed E-state index contributed by atoms with van der Waals surface area (Å²) in [5.74, 6) is 3.18. The Morgan fingerprint density at radius 2 is 2.12 bits per heavy atom. The molecular weight excluding hydrogens is 146 g/mol. The Hall–Kier alpha value is 0.130. The van der Waals surface area contributed by atoms with Gasteiger partial charge in [0, 0.05) is 0 Å². The van der Waals surface area contributed by atoms with Gasteiger partial charge >= 0.3 is 0 Å². The minimum Gasteiger partial charge on any atom is -0.497 e. The molecule has 0 fully saturated rings. The first-order valence-corrected chi connectivity index (χ1v) is 5.41. The molecule has 0 aliphatic rings. The summed E-state index contributed by atoms with van der Waals surface area (Å²) in [5.41, 5.74) is 0. The van der Waals surface area contributed by atoms with Crippen molar-refractivity contribution in [3.63, 3.8) is 0 Å². The van der Waals surface area contributed by atoms with E-state index in [1.165, 1.54) is 12.5 Å². The van der Waals surface area contributed by atoms with E-state index in [-0.39, 0.29) is 0 Å². The van der Waals surface area contributed by atoms with Crippen molar-refractivity contribution in [2.75, 3.05) is 12.5 Å². The fourth-order valence-electron chi connectivity index (χ4n) is 0.222. The van der Waals surface area contributed by atoms with Crippen LogP contribution in [0.3, 0.4) is 0 Å². The third-order valence-electron chi connectivity index (χ3n) is 0.263. The number of hydrogen-bond acceptors (Lipinski definition) is 2. The van der Waals surface area contributed by atoms with E-state index in [1.807, 2.05) is 0 Å². The van der Waals surface area contributed by atoms with Gasteiger partial charge < -0.3 is 4.13 Å². The molecule has 2 unspecified atom stereocenters. The summed E-state index contributed by atoms with van der Waals surface area (Å²) in [5, 5.41) is 0. The molecule has 2 atom stereocenters. The van der Waals surface area contributed by atoms with E-state index in [0.717, 1.165) is 0 Å². The van der Waals surface area contributed by atoms with Crippen LogP contribution < -0.4 is 0 Å². The average molecular weight is 154 g/mol. The third-order valence-corrected chi connectivity index (χ3v) is 2.36. The number of nitrogens with zero attached hydrogens (tertiary/aromatic N) is 1. The SMILES string of the molecule is C=S(C)(=O)[N-]S(C)=O. The van der Waals surface area contributed by atoms with Crippen LogP contribution in [0.25, 0.3) is 4.13 Å². The summed E-state index contributed by atoms with van der Waals surface area (Å²) < 4.78 is 24.0. The minimum absolute atomic E-state index is 1.34. The Bertz CT molecular complexity index is 181. The van der Waals surface area contributed by atoms with Gasteiger partial charge in [-0.1, -0.05) is 16.9 Å². The molecule has 0 N–H and O–H groups in total. The number of rotatable bonds is 2. The minimum atomic E-state index is -2.40. The summed E-state index contributed by atoms with van der Waals surface area (Å²) in [6.07, 6.45) is 2.70. The fourth-order valence-corrected chi connectivity index (χ4v) is 2.00. The van der Waals surface area contributed by atoms with Gasteiger partial charge in [-0.15, -0.1) is 9.71 Å². The molecule has 0 rings (SSSR count). The Labute approximate surface area is 52.2 Å². The van der Waals surface area contributed by atoms with Crippen LogP contribution in [-0.2, 0) is 20.7 Å². The van der Waals surface area contributed by atoms with Gasteiger partial charge in [0.2, 0.25) is 0 Å². The maximum absolute atomic E-state index is 10.5. The molecule has 0 aliphatic heterocycles. The molecule has 0 bridgehead atoms. The zero-order valence-electron chi connectivity index (χ0n) is 4.79. The van der Waals surface area contributed by atoms with Crippen LogP contribution in [0.1, 0.15) is 0 Å². The highest BCUT2D eigenvalue weighted by Crippen LogP contribution is 1.98. The van der Waals surface area contributed by atoms with Crippen molar-refractivity contribution >= 4 is 26.6 Å². The van der Waals surface area contributed by atoms with Crippen molar-refractivity contribution in [1.29, 1.82) is 0 Å². The molecular formula is C3H8NO2S2-. The van der Waals surface area contributed by atoms with Crippen LogP contribution in [0.2, 0.25) is 0 Å². The molecule has 0 saturated carbocycles. The predicted octanol–water partition coefficient (Wildman–Crippen LogP) is -0.0852. The zero-order valence-corrected chi connectivity index (χ0v) is 6.42. The molecule has 0 aliphatic carbocycles. The quantitative estimate of drug-likeness (QED) is 0.522. The Kier molecular flexibility index (Phi) is 2.65. The lowest BCUT2D eigenvalue weighted by Crippen LogP contribution is -1.95. The molecule has 0 aromatic carbocycles. The van der Waals surface area contributed by atoms with Gasteiger partial charge in [-0.3, -0.25) is 8.42 Å². The molecule has 0 heterocycles. The lowest BCUT2D eigenvalue weighted by Gasteiger charge is -2.16. The fraction of sp³-hybridized carbons (Fsp3) is 0.667. The van der Waals surface area contributed by atoms with Crippen molar-refractivity contribution in [3.05, 3.63) is 4.13 Å². The molecule has 0 amide bonds. The van der Waals surface area contributed by atoms with E-state index in [2.05, 4.69) is 10.00 Å². The summed E-state index contributed by atoms with van der Waals surface area (Å²) in [4.78, 5) is 0. The maximum atomic E-state index is 10.5. The molecule has 0 aromatic rings. The Balaban J connectivity index is 3.95. The van der Waals surface area contributed by atoms with Gasteiger partial charge in [-0.25, -0.2) is 0 Å². The average Bonchev–Trinajstić information content (AvgIpc) is 1.21. The summed E-state index contributed by atoms with van der Waals surface area (Å²) in [6.45, 7) is 0. The maximum Gasteiger partial charge on any atom is -0.00642 e. The highest BCUT2D eigenvalue weighted by molar-refractivity contribution is 8.13. The lowest BCUT2D eigenvalue weighted by atomic mass is 11.9. The van der Waals surface area contributed by atoms with Crippen molar-refractivity contribution in [2.24, 2.45) is 0 Å². The largest absolute Gasteiger partial charge is 0.497 e. The standard InChI is InChI=1S/C3H8NO2S2/c1-7(5)4-8(2,3)6/h2H2,1,3H3/q-1. The van der Waals surface area contributed by atoms with Crippen LogP contribution in [0, 0.1) is 0 Å². The van der Waals surface area contributed by atoms with E-state index >= 15 is 0 Å². The lowest BCUT2D eigenvalue weighted by molar-refractivity contribution is 0.686. The smallest absolute Gasteiger partial charge is 0.00642 e. The highest BCUT2D eigenvalue weighted by Gasteiger charge is 1.76. The molecule has 0 aromatic heterocycles. The van der Waals surface area contributed by atoms with Crippen LogP contribution in [0.5, 0.6) is 0 Å². The Morgan fingerprint density at radius 3 is 2.12 bits per heavy atom. The van der Waals surface area contributed by atoms with E-state index in [0.29, 0.717) is 0 Å². The highest BCUT2D eigenvalue weighted by atomic mass is 32.3. The van der Waals surface area contributed by atoms with E-state index in [9.17, 15) is 8.42 Å². The van der Waals surface area contributed by atoms with Gasteiger partial charge in [-0.05, 0) is 12.5 Å². The first-order chi connectivity index (χ1) is 3.42. The van der Waals surface area contributed by atoms with Crippen molar-refractivity contribution < 1.29 is 8.42 Å². The summed E-state index contributed by atoms with van der Waals surface area (Å²) in [6, 6.07) is 0. The van der Waals surface area contributed by atoms with E-state index < -0.39 is 20.7 Å². The van der Waals surface area contributed by atoms with Crippen molar-refractivity contribution in [3.8, 4) is 0 Å². The van der Waals surface area contributed by atoms with E-state index in [1.54, 1.807) is 0 Å². The normalized spacial score (nSPS) is 21.8. The molecule has 5 heteroatoms. The van der Waals surface area contributed by atoms with Crippen LogP contribution in [0.4, 0.5) is 0 Å². The summed E-state index contributed by atoms with van der Waals surface area (Å²) in [7, 11) is -3.75. The van der Waals surface area contributed by atoms with Crippen molar-refractivity contribution in [1.82, 2.24) is 0 Å². The van der Waals surface area contributed by atoms with E-state index in [4.69, 9.17) is 0 Å². The monoisotopic (exact) mass is 154 g/mol. The number of hydrogen-bond donors (Lipinski definition) is 0. The van der Waals surface area contributed by atoms with Gasteiger partial charge in [0.15, 0.2) is 0 Å². The molecule has 8 heavy (non-hydrogen) atoms. The molecule has 0 saturated heterocycles. The molecule has 0 spiro atoms. The zero-order chi connectivity index (χ0) is 6.78. The summed E-state index contributed by atoms with van der Waals surface area (Å²) >= 11 is 0. The van der Waals surface area contributed by atoms with Crippen LogP contribution in [0.15, 0.2) is 0 Å². The molecule has 0 radical (unpaired) electrons. The van der Waals surface area contributed by atoms with Crippen molar-refractivity contribution in [2.45, 2.75) is 0 Å². The predicted molar refractivity (Wildman–Crippen MR) is 38.6 cm³/mol. The first kappa shape index (κ1) is 8.13. The second-order valence-electron chi connectivity index (χ2n) is 1.46. The van der Waals surface area contributed by atoms with Crippen LogP contribution in [-0.4, -0.2) is 26.8 Å². The van der Waals surface area contributed by atoms with Gasteiger partial charge in [-0.2, -0.15) is 0 Å². The van der Waals surface area contributed by atoms with Gasteiger partial charge in [0.05, 0.1) is 0 Å². The second-order valence-corrected chi connectivity index (χ2v) is 4.82. The molecule has 50 valence electrons. The van der Waals surface area contributed by atoms with Crippen LogP contribution >= 0.6 is 0 Å². The second kappa shape index (κ2) is 2.61.